The Morgan fingerprint density at radius 1 is 1.54 bits per heavy atom. The first-order valence-electron chi connectivity index (χ1n) is 4.28. The lowest BCUT2D eigenvalue weighted by Crippen LogP contribution is -2.30. The summed E-state index contributed by atoms with van der Waals surface area (Å²) >= 11 is 0. The van der Waals surface area contributed by atoms with E-state index in [0.717, 1.165) is 13.1 Å². The molecular weight excluding hydrogens is 168 g/mol. The highest BCUT2D eigenvalue weighted by Crippen LogP contribution is 2.12. The Labute approximate surface area is 76.6 Å². The van der Waals surface area contributed by atoms with Crippen LogP contribution in [0.1, 0.15) is 13.8 Å². The van der Waals surface area contributed by atoms with Crippen LogP contribution >= 0.6 is 0 Å². The van der Waals surface area contributed by atoms with Crippen molar-refractivity contribution in [2.45, 2.75) is 13.8 Å². The van der Waals surface area contributed by atoms with E-state index in [2.05, 4.69) is 9.97 Å². The SMILES string of the molecule is CCN(CC)c1c(N)nc[nH]c1=O. The second-order valence-corrected chi connectivity index (χ2v) is 2.64. The molecule has 3 N–H and O–H groups in total. The molecule has 1 rings (SSSR count). The summed E-state index contributed by atoms with van der Waals surface area (Å²) in [6.45, 7) is 5.43. The monoisotopic (exact) mass is 182 g/mol. The van der Waals surface area contributed by atoms with Crippen LogP contribution in [0.3, 0.4) is 0 Å². The van der Waals surface area contributed by atoms with Gasteiger partial charge in [0, 0.05) is 13.1 Å². The molecule has 1 aromatic heterocycles. The molecule has 0 amide bonds. The maximum Gasteiger partial charge on any atom is 0.276 e. The topological polar surface area (TPSA) is 75.0 Å². The minimum Gasteiger partial charge on any atom is -0.382 e. The number of nitrogens with zero attached hydrogens (tertiary/aromatic N) is 2. The van der Waals surface area contributed by atoms with Gasteiger partial charge in [0.05, 0.1) is 6.33 Å². The number of aromatic nitrogens is 2. The lowest BCUT2D eigenvalue weighted by molar-refractivity contribution is 0.851. The molecule has 0 aliphatic heterocycles. The smallest absolute Gasteiger partial charge is 0.276 e. The first-order valence-corrected chi connectivity index (χ1v) is 4.28. The van der Waals surface area contributed by atoms with E-state index in [-0.39, 0.29) is 11.4 Å². The Balaban J connectivity index is 3.18. The Kier molecular flexibility index (Phi) is 2.89. The second kappa shape index (κ2) is 3.93. The molecule has 0 saturated heterocycles. The van der Waals surface area contributed by atoms with Gasteiger partial charge in [0.25, 0.3) is 5.56 Å². The normalized spacial score (nSPS) is 10.0. The number of H-pyrrole nitrogens is 1. The third kappa shape index (κ3) is 1.80. The summed E-state index contributed by atoms with van der Waals surface area (Å²) in [5.41, 5.74) is 5.88. The number of nitrogen functional groups attached to an aromatic ring is 1. The van der Waals surface area contributed by atoms with Crippen molar-refractivity contribution in [1.82, 2.24) is 9.97 Å². The van der Waals surface area contributed by atoms with E-state index in [4.69, 9.17) is 5.73 Å². The molecule has 5 heteroatoms. The van der Waals surface area contributed by atoms with Gasteiger partial charge >= 0.3 is 0 Å². The summed E-state index contributed by atoms with van der Waals surface area (Å²) in [5.74, 6) is 0.285. The summed E-state index contributed by atoms with van der Waals surface area (Å²) in [6, 6.07) is 0. The fourth-order valence-corrected chi connectivity index (χ4v) is 1.25. The van der Waals surface area contributed by atoms with Crippen molar-refractivity contribution >= 4 is 11.5 Å². The van der Waals surface area contributed by atoms with E-state index >= 15 is 0 Å². The van der Waals surface area contributed by atoms with Gasteiger partial charge in [-0.2, -0.15) is 0 Å². The third-order valence-electron chi connectivity index (χ3n) is 1.94. The van der Waals surface area contributed by atoms with Crippen LogP contribution in [0.15, 0.2) is 11.1 Å². The zero-order chi connectivity index (χ0) is 9.84. The maximum absolute atomic E-state index is 11.4. The molecule has 72 valence electrons. The van der Waals surface area contributed by atoms with Crippen LogP contribution in [-0.2, 0) is 0 Å². The summed E-state index contributed by atoms with van der Waals surface area (Å²) in [6.07, 6.45) is 1.31. The molecular formula is C8H14N4O. The molecule has 0 bridgehead atoms. The quantitative estimate of drug-likeness (QED) is 0.700. The number of rotatable bonds is 3. The van der Waals surface area contributed by atoms with Gasteiger partial charge < -0.3 is 15.6 Å². The third-order valence-corrected chi connectivity index (χ3v) is 1.94. The van der Waals surface area contributed by atoms with Crippen molar-refractivity contribution in [2.24, 2.45) is 0 Å². The van der Waals surface area contributed by atoms with Gasteiger partial charge in [-0.05, 0) is 13.8 Å². The van der Waals surface area contributed by atoms with Gasteiger partial charge in [0.15, 0.2) is 5.82 Å². The van der Waals surface area contributed by atoms with Crippen LogP contribution in [0.4, 0.5) is 11.5 Å². The number of aromatic amines is 1. The van der Waals surface area contributed by atoms with Crippen molar-refractivity contribution < 1.29 is 0 Å². The van der Waals surface area contributed by atoms with Crippen LogP contribution in [0.5, 0.6) is 0 Å². The van der Waals surface area contributed by atoms with Crippen LogP contribution in [0, 0.1) is 0 Å². The molecule has 1 aromatic rings. The number of nitrogens with one attached hydrogen (secondary N) is 1. The summed E-state index contributed by atoms with van der Waals surface area (Å²) in [7, 11) is 0. The van der Waals surface area contributed by atoms with Crippen molar-refractivity contribution in [1.29, 1.82) is 0 Å². The highest BCUT2D eigenvalue weighted by Gasteiger charge is 2.10. The van der Waals surface area contributed by atoms with Crippen molar-refractivity contribution in [3.05, 3.63) is 16.7 Å². The zero-order valence-corrected chi connectivity index (χ0v) is 7.87. The predicted molar refractivity (Wildman–Crippen MR) is 52.8 cm³/mol. The van der Waals surface area contributed by atoms with Crippen LogP contribution in [0.2, 0.25) is 0 Å². The van der Waals surface area contributed by atoms with Gasteiger partial charge in [-0.15, -0.1) is 0 Å². The van der Waals surface area contributed by atoms with E-state index in [1.165, 1.54) is 6.33 Å². The van der Waals surface area contributed by atoms with E-state index in [9.17, 15) is 4.79 Å². The molecule has 0 radical (unpaired) electrons. The molecule has 0 spiro atoms. The van der Waals surface area contributed by atoms with Gasteiger partial charge in [0.2, 0.25) is 0 Å². The van der Waals surface area contributed by atoms with Crippen LogP contribution < -0.4 is 16.2 Å². The van der Waals surface area contributed by atoms with Crippen molar-refractivity contribution in [2.75, 3.05) is 23.7 Å². The Hall–Kier alpha value is -1.52. The van der Waals surface area contributed by atoms with Gasteiger partial charge in [-0.25, -0.2) is 4.98 Å². The first-order chi connectivity index (χ1) is 6.20. The average Bonchev–Trinajstić information content (AvgIpc) is 2.11. The number of nitrogens with two attached hydrogens (primary N) is 1. The molecule has 5 nitrogen and oxygen atoms in total. The fraction of sp³-hybridized carbons (Fsp3) is 0.500. The van der Waals surface area contributed by atoms with Crippen LogP contribution in [-0.4, -0.2) is 23.1 Å². The molecule has 1 heterocycles. The van der Waals surface area contributed by atoms with Crippen molar-refractivity contribution in [3.63, 3.8) is 0 Å². The van der Waals surface area contributed by atoms with Gasteiger partial charge in [-0.3, -0.25) is 4.79 Å². The highest BCUT2D eigenvalue weighted by atomic mass is 16.1. The predicted octanol–water partition coefficient (Wildman–Crippen LogP) is 0.198. The first kappa shape index (κ1) is 9.57. The van der Waals surface area contributed by atoms with Gasteiger partial charge in [0.1, 0.15) is 5.69 Å². The molecule has 0 aromatic carbocycles. The summed E-state index contributed by atoms with van der Waals surface area (Å²) in [5, 5.41) is 0. The van der Waals surface area contributed by atoms with E-state index in [1.54, 1.807) is 0 Å². The van der Waals surface area contributed by atoms with E-state index in [0.29, 0.717) is 5.69 Å². The minimum atomic E-state index is -0.184. The molecule has 0 saturated carbocycles. The van der Waals surface area contributed by atoms with E-state index < -0.39 is 0 Å². The number of hydrogen-bond donors (Lipinski definition) is 2. The lowest BCUT2D eigenvalue weighted by atomic mass is 10.4. The summed E-state index contributed by atoms with van der Waals surface area (Å²) < 4.78 is 0. The number of anilines is 2. The average molecular weight is 182 g/mol. The Morgan fingerprint density at radius 3 is 2.62 bits per heavy atom. The minimum absolute atomic E-state index is 0.184. The lowest BCUT2D eigenvalue weighted by Gasteiger charge is -2.20. The fourth-order valence-electron chi connectivity index (χ4n) is 1.25. The molecule has 13 heavy (non-hydrogen) atoms. The molecule has 0 aliphatic rings. The van der Waals surface area contributed by atoms with Crippen LogP contribution in [0.25, 0.3) is 0 Å². The van der Waals surface area contributed by atoms with E-state index in [1.807, 2.05) is 18.7 Å². The maximum atomic E-state index is 11.4. The zero-order valence-electron chi connectivity index (χ0n) is 7.87. The molecule has 0 fully saturated rings. The largest absolute Gasteiger partial charge is 0.382 e. The Morgan fingerprint density at radius 2 is 2.15 bits per heavy atom. The van der Waals surface area contributed by atoms with Gasteiger partial charge in [-0.1, -0.05) is 0 Å². The standard InChI is InChI=1S/C8H14N4O/c1-3-12(4-2)6-7(9)10-5-11-8(6)13/h5H,3-4H2,1-2H3,(H3,9,10,11,13). The second-order valence-electron chi connectivity index (χ2n) is 2.64. The molecule has 0 aliphatic carbocycles. The summed E-state index contributed by atoms with van der Waals surface area (Å²) in [4.78, 5) is 19.6. The Bertz CT molecular complexity index is 329. The molecule has 0 unspecified atom stereocenters. The molecule has 0 atom stereocenters. The number of hydrogen-bond acceptors (Lipinski definition) is 4. The highest BCUT2D eigenvalue weighted by molar-refractivity contribution is 5.61. The van der Waals surface area contributed by atoms with Crippen molar-refractivity contribution in [3.8, 4) is 0 Å².